The fraction of sp³-hybridized carbons (Fsp3) is 0.389. The molecule has 1 aliphatic heterocycles. The second-order valence-corrected chi connectivity index (χ2v) is 6.51. The number of aromatic amines is 1. The van der Waals surface area contributed by atoms with Crippen molar-refractivity contribution in [2.24, 2.45) is 0 Å². The van der Waals surface area contributed by atoms with Gasteiger partial charge in [-0.05, 0) is 24.5 Å². The molecule has 27 heavy (non-hydrogen) atoms. The van der Waals surface area contributed by atoms with Crippen LogP contribution in [0, 0.1) is 0 Å². The van der Waals surface area contributed by atoms with E-state index in [1.807, 2.05) is 0 Å². The zero-order chi connectivity index (χ0) is 19.0. The molecule has 6 nitrogen and oxygen atoms in total. The standard InChI is InChI=1S/C18H17F3N4O2/c19-18(20,21)14-4-2-1-3-11(14)9-15-23-16-13(17(26)24-15)10-22-25(16)12-5-7-27-8-6-12/h1-4,10,12H,5-9H2,(H,23,24,26). The molecular formula is C18H17F3N4O2. The maximum Gasteiger partial charge on any atom is 0.416 e. The van der Waals surface area contributed by atoms with Gasteiger partial charge in [0.2, 0.25) is 0 Å². The molecule has 142 valence electrons. The molecular weight excluding hydrogens is 361 g/mol. The first-order valence-electron chi connectivity index (χ1n) is 8.63. The van der Waals surface area contributed by atoms with Crippen molar-refractivity contribution in [3.8, 4) is 0 Å². The number of nitrogens with zero attached hydrogens (tertiary/aromatic N) is 3. The number of alkyl halides is 3. The van der Waals surface area contributed by atoms with Crippen LogP contribution in [0.1, 0.15) is 35.8 Å². The van der Waals surface area contributed by atoms with E-state index in [0.717, 1.165) is 18.9 Å². The number of hydrogen-bond donors (Lipinski definition) is 1. The number of ether oxygens (including phenoxy) is 1. The van der Waals surface area contributed by atoms with Gasteiger partial charge in [0.05, 0.1) is 17.8 Å². The van der Waals surface area contributed by atoms with Crippen LogP contribution in [0.2, 0.25) is 0 Å². The Hall–Kier alpha value is -2.68. The summed E-state index contributed by atoms with van der Waals surface area (Å²) >= 11 is 0. The van der Waals surface area contributed by atoms with Gasteiger partial charge in [-0.2, -0.15) is 18.3 Å². The quantitative estimate of drug-likeness (QED) is 0.760. The van der Waals surface area contributed by atoms with Crippen LogP contribution in [0.3, 0.4) is 0 Å². The van der Waals surface area contributed by atoms with Gasteiger partial charge < -0.3 is 9.72 Å². The van der Waals surface area contributed by atoms with Crippen LogP contribution in [0.4, 0.5) is 13.2 Å². The van der Waals surface area contributed by atoms with Crippen molar-refractivity contribution in [1.82, 2.24) is 19.7 Å². The van der Waals surface area contributed by atoms with E-state index in [1.54, 1.807) is 4.68 Å². The van der Waals surface area contributed by atoms with Gasteiger partial charge >= 0.3 is 6.18 Å². The van der Waals surface area contributed by atoms with Crippen LogP contribution in [0.25, 0.3) is 11.0 Å². The predicted octanol–water partition coefficient (Wildman–Crippen LogP) is 3.08. The van der Waals surface area contributed by atoms with E-state index in [2.05, 4.69) is 15.1 Å². The van der Waals surface area contributed by atoms with Gasteiger partial charge in [-0.1, -0.05) is 18.2 Å². The molecule has 0 radical (unpaired) electrons. The van der Waals surface area contributed by atoms with Gasteiger partial charge in [0.1, 0.15) is 11.2 Å². The summed E-state index contributed by atoms with van der Waals surface area (Å²) in [5.41, 5.74) is -0.682. The summed E-state index contributed by atoms with van der Waals surface area (Å²) < 4.78 is 46.7. The Morgan fingerprint density at radius 1 is 1.22 bits per heavy atom. The van der Waals surface area contributed by atoms with E-state index >= 15 is 0 Å². The molecule has 0 amide bonds. The SMILES string of the molecule is O=c1[nH]c(Cc2ccccc2C(F)(F)F)nc2c1cnn2C1CCOCC1. The molecule has 1 saturated heterocycles. The van der Waals surface area contributed by atoms with Crippen molar-refractivity contribution in [2.75, 3.05) is 13.2 Å². The topological polar surface area (TPSA) is 72.8 Å². The highest BCUT2D eigenvalue weighted by Gasteiger charge is 2.33. The molecule has 0 aliphatic carbocycles. The van der Waals surface area contributed by atoms with E-state index in [4.69, 9.17) is 4.74 Å². The summed E-state index contributed by atoms with van der Waals surface area (Å²) in [6.07, 6.45) is -1.65. The van der Waals surface area contributed by atoms with Gasteiger partial charge in [0, 0.05) is 19.6 Å². The highest BCUT2D eigenvalue weighted by molar-refractivity contribution is 5.73. The minimum absolute atomic E-state index is 0.0564. The van der Waals surface area contributed by atoms with Gasteiger partial charge in [0.25, 0.3) is 5.56 Å². The van der Waals surface area contributed by atoms with Crippen LogP contribution in [0.15, 0.2) is 35.3 Å². The third-order valence-electron chi connectivity index (χ3n) is 4.73. The van der Waals surface area contributed by atoms with Crippen LogP contribution in [-0.2, 0) is 17.3 Å². The summed E-state index contributed by atoms with van der Waals surface area (Å²) in [5, 5.41) is 4.61. The van der Waals surface area contributed by atoms with E-state index in [-0.39, 0.29) is 23.9 Å². The van der Waals surface area contributed by atoms with Crippen LogP contribution < -0.4 is 5.56 Å². The summed E-state index contributed by atoms with van der Waals surface area (Å²) in [4.78, 5) is 19.4. The molecule has 3 heterocycles. The molecule has 0 spiro atoms. The maximum absolute atomic E-state index is 13.2. The molecule has 1 fully saturated rings. The van der Waals surface area contributed by atoms with Crippen LogP contribution >= 0.6 is 0 Å². The lowest BCUT2D eigenvalue weighted by molar-refractivity contribution is -0.138. The lowest BCUT2D eigenvalue weighted by Gasteiger charge is -2.22. The number of benzene rings is 1. The van der Waals surface area contributed by atoms with Gasteiger partial charge in [-0.3, -0.25) is 4.79 Å². The number of aromatic nitrogens is 4. The summed E-state index contributed by atoms with van der Waals surface area (Å²) in [6, 6.07) is 5.35. The third kappa shape index (κ3) is 3.46. The van der Waals surface area contributed by atoms with Crippen molar-refractivity contribution in [3.05, 3.63) is 57.8 Å². The second kappa shape index (κ2) is 6.80. The van der Waals surface area contributed by atoms with Gasteiger partial charge in [-0.15, -0.1) is 0 Å². The number of hydrogen-bond acceptors (Lipinski definition) is 4. The molecule has 2 aromatic heterocycles. The zero-order valence-corrected chi connectivity index (χ0v) is 14.3. The van der Waals surface area contributed by atoms with E-state index in [0.29, 0.717) is 24.2 Å². The molecule has 1 aliphatic rings. The lowest BCUT2D eigenvalue weighted by atomic mass is 10.0. The third-order valence-corrected chi connectivity index (χ3v) is 4.73. The molecule has 0 unspecified atom stereocenters. The average Bonchev–Trinajstić information content (AvgIpc) is 3.06. The highest BCUT2D eigenvalue weighted by atomic mass is 19.4. The normalized spacial score (nSPS) is 16.1. The average molecular weight is 378 g/mol. The molecule has 0 bridgehead atoms. The minimum atomic E-state index is -4.47. The lowest BCUT2D eigenvalue weighted by Crippen LogP contribution is -2.21. The first-order valence-corrected chi connectivity index (χ1v) is 8.63. The molecule has 0 saturated carbocycles. The molecule has 1 N–H and O–H groups in total. The number of nitrogens with one attached hydrogen (secondary N) is 1. The number of H-pyrrole nitrogens is 1. The first kappa shape index (κ1) is 17.7. The maximum atomic E-state index is 13.2. The summed E-state index contributed by atoms with van der Waals surface area (Å²) in [5.74, 6) is 0.179. The van der Waals surface area contributed by atoms with E-state index in [9.17, 15) is 18.0 Å². The molecule has 1 aromatic carbocycles. The molecule has 4 rings (SSSR count). The van der Waals surface area contributed by atoms with Gasteiger partial charge in [-0.25, -0.2) is 9.67 Å². The first-order chi connectivity index (χ1) is 12.9. The monoisotopic (exact) mass is 378 g/mol. The van der Waals surface area contributed by atoms with Crippen LogP contribution in [-0.4, -0.2) is 33.0 Å². The fourth-order valence-corrected chi connectivity index (χ4v) is 3.39. The fourth-order valence-electron chi connectivity index (χ4n) is 3.39. The Morgan fingerprint density at radius 2 is 1.96 bits per heavy atom. The molecule has 3 aromatic rings. The van der Waals surface area contributed by atoms with Crippen molar-refractivity contribution >= 4 is 11.0 Å². The Morgan fingerprint density at radius 3 is 2.70 bits per heavy atom. The molecule has 0 atom stereocenters. The van der Waals surface area contributed by atoms with E-state index in [1.165, 1.54) is 24.4 Å². The number of rotatable bonds is 3. The number of fused-ring (bicyclic) bond motifs is 1. The highest BCUT2D eigenvalue weighted by Crippen LogP contribution is 2.32. The van der Waals surface area contributed by atoms with Crippen molar-refractivity contribution in [3.63, 3.8) is 0 Å². The Bertz CT molecular complexity index is 1020. The number of halogens is 3. The largest absolute Gasteiger partial charge is 0.416 e. The Balaban J connectivity index is 1.74. The van der Waals surface area contributed by atoms with Crippen molar-refractivity contribution in [2.45, 2.75) is 31.5 Å². The van der Waals surface area contributed by atoms with Gasteiger partial charge in [0.15, 0.2) is 5.65 Å². The van der Waals surface area contributed by atoms with Crippen molar-refractivity contribution < 1.29 is 17.9 Å². The van der Waals surface area contributed by atoms with Crippen molar-refractivity contribution in [1.29, 1.82) is 0 Å². The molecule has 9 heteroatoms. The summed E-state index contributed by atoms with van der Waals surface area (Å²) in [7, 11) is 0. The predicted molar refractivity (Wildman–Crippen MR) is 91.5 cm³/mol. The Labute approximate surface area is 152 Å². The Kier molecular flexibility index (Phi) is 4.47. The van der Waals surface area contributed by atoms with E-state index < -0.39 is 17.3 Å². The van der Waals surface area contributed by atoms with Crippen LogP contribution in [0.5, 0.6) is 0 Å². The smallest absolute Gasteiger partial charge is 0.381 e. The second-order valence-electron chi connectivity index (χ2n) is 6.51. The summed E-state index contributed by atoms with van der Waals surface area (Å²) in [6.45, 7) is 1.20. The zero-order valence-electron chi connectivity index (χ0n) is 14.3. The minimum Gasteiger partial charge on any atom is -0.381 e.